The average molecular weight is 445 g/mol. The molecule has 0 radical (unpaired) electrons. The van der Waals surface area contributed by atoms with E-state index in [9.17, 15) is 14.4 Å². The molecule has 0 saturated heterocycles. The molecule has 0 aliphatic carbocycles. The fraction of sp³-hybridized carbons (Fsp3) is 0.185. The molecule has 3 rings (SSSR count). The Morgan fingerprint density at radius 3 is 2.45 bits per heavy atom. The molecule has 168 valence electrons. The lowest BCUT2D eigenvalue weighted by atomic mass is 10.0. The van der Waals surface area contributed by atoms with Crippen LogP contribution in [-0.4, -0.2) is 19.1 Å². The minimum absolute atomic E-state index is 0.0378. The highest BCUT2D eigenvalue weighted by molar-refractivity contribution is 6.09. The van der Waals surface area contributed by atoms with Gasteiger partial charge < -0.3 is 14.8 Å². The number of carbonyl (C=O) groups is 1. The first-order valence-corrected chi connectivity index (χ1v) is 10.7. The van der Waals surface area contributed by atoms with Gasteiger partial charge >= 0.3 is 0 Å². The van der Waals surface area contributed by atoms with Crippen molar-refractivity contribution in [3.8, 4) is 17.6 Å². The van der Waals surface area contributed by atoms with E-state index in [0.29, 0.717) is 42.4 Å². The van der Waals surface area contributed by atoms with Gasteiger partial charge in [-0.3, -0.25) is 4.79 Å². The summed E-state index contributed by atoms with van der Waals surface area (Å²) in [6.45, 7) is 4.77. The van der Waals surface area contributed by atoms with Gasteiger partial charge in [0.25, 0.3) is 5.91 Å². The molecular weight excluding hydrogens is 419 g/mol. The van der Waals surface area contributed by atoms with Crippen molar-refractivity contribution in [1.82, 2.24) is 0 Å². The summed E-state index contributed by atoms with van der Waals surface area (Å²) in [5, 5.41) is 12.3. The molecule has 0 saturated carbocycles. The second-order valence-corrected chi connectivity index (χ2v) is 7.19. The summed E-state index contributed by atoms with van der Waals surface area (Å²) in [5.41, 5.74) is 2.89. The standard InChI is InChI=1S/C27H25FN2O3/c1-3-32-25-12-10-24(11-13-25)30-27(31)22(18-29)15-20-8-9-21(26(17-20)33-4-2)14-19-6-5-7-23(28)16-19/h5-13,15-17H,3-4,14H2,1-2H3,(H,30,31)/b22-15+. The van der Waals surface area contributed by atoms with Crippen molar-refractivity contribution >= 4 is 17.7 Å². The number of nitrogens with zero attached hydrogens (tertiary/aromatic N) is 1. The molecule has 0 spiro atoms. The number of anilines is 1. The van der Waals surface area contributed by atoms with Gasteiger partial charge in [-0.25, -0.2) is 4.39 Å². The normalized spacial score (nSPS) is 10.9. The molecular formula is C27H25FN2O3. The summed E-state index contributed by atoms with van der Waals surface area (Å²) < 4.78 is 24.7. The highest BCUT2D eigenvalue weighted by Gasteiger charge is 2.12. The molecule has 6 heteroatoms. The van der Waals surface area contributed by atoms with Crippen molar-refractivity contribution in [2.75, 3.05) is 18.5 Å². The van der Waals surface area contributed by atoms with E-state index in [4.69, 9.17) is 9.47 Å². The quantitative estimate of drug-likeness (QED) is 0.336. The van der Waals surface area contributed by atoms with E-state index in [1.165, 1.54) is 18.2 Å². The minimum atomic E-state index is -0.511. The molecule has 33 heavy (non-hydrogen) atoms. The largest absolute Gasteiger partial charge is 0.494 e. The molecule has 0 heterocycles. The van der Waals surface area contributed by atoms with Crippen LogP contribution in [0.15, 0.2) is 72.3 Å². The molecule has 0 unspecified atom stereocenters. The number of halogens is 1. The molecule has 0 aliphatic heterocycles. The van der Waals surface area contributed by atoms with Crippen LogP contribution in [0.1, 0.15) is 30.5 Å². The van der Waals surface area contributed by atoms with Gasteiger partial charge in [-0.15, -0.1) is 0 Å². The highest BCUT2D eigenvalue weighted by atomic mass is 19.1. The second-order valence-electron chi connectivity index (χ2n) is 7.19. The first kappa shape index (κ1) is 23.6. The lowest BCUT2D eigenvalue weighted by Crippen LogP contribution is -2.13. The summed E-state index contributed by atoms with van der Waals surface area (Å²) in [5.74, 6) is 0.527. The number of amides is 1. The van der Waals surface area contributed by atoms with Crippen LogP contribution in [0, 0.1) is 17.1 Å². The maximum absolute atomic E-state index is 13.5. The Kier molecular flexibility index (Phi) is 8.20. The fourth-order valence-electron chi connectivity index (χ4n) is 3.28. The van der Waals surface area contributed by atoms with Gasteiger partial charge in [0.2, 0.25) is 0 Å². The summed E-state index contributed by atoms with van der Waals surface area (Å²) in [6.07, 6.45) is 2.01. The van der Waals surface area contributed by atoms with Gasteiger partial charge in [-0.2, -0.15) is 5.26 Å². The smallest absolute Gasteiger partial charge is 0.266 e. The minimum Gasteiger partial charge on any atom is -0.494 e. The van der Waals surface area contributed by atoms with Crippen LogP contribution in [0.25, 0.3) is 6.08 Å². The fourth-order valence-corrected chi connectivity index (χ4v) is 3.28. The van der Waals surface area contributed by atoms with Gasteiger partial charge in [0.1, 0.15) is 29.0 Å². The summed E-state index contributed by atoms with van der Waals surface area (Å²) in [6, 6.07) is 20.7. The topological polar surface area (TPSA) is 71.3 Å². The van der Waals surface area contributed by atoms with E-state index in [0.717, 1.165) is 11.1 Å². The lowest BCUT2D eigenvalue weighted by molar-refractivity contribution is -0.112. The van der Waals surface area contributed by atoms with Gasteiger partial charge in [0, 0.05) is 12.1 Å². The van der Waals surface area contributed by atoms with Gasteiger partial charge in [-0.05, 0) is 79.1 Å². The zero-order chi connectivity index (χ0) is 23.6. The van der Waals surface area contributed by atoms with Crippen LogP contribution in [0.4, 0.5) is 10.1 Å². The average Bonchev–Trinajstić information content (AvgIpc) is 2.80. The van der Waals surface area contributed by atoms with E-state index in [1.807, 2.05) is 32.0 Å². The maximum atomic E-state index is 13.5. The third-order valence-electron chi connectivity index (χ3n) is 4.77. The van der Waals surface area contributed by atoms with Crippen molar-refractivity contribution in [3.05, 3.63) is 94.8 Å². The second kappa shape index (κ2) is 11.5. The number of benzene rings is 3. The van der Waals surface area contributed by atoms with Crippen LogP contribution in [0.5, 0.6) is 11.5 Å². The van der Waals surface area contributed by atoms with Gasteiger partial charge in [-0.1, -0.05) is 24.3 Å². The van der Waals surface area contributed by atoms with Crippen LogP contribution >= 0.6 is 0 Å². The Hall–Kier alpha value is -4.11. The predicted octanol–water partition coefficient (Wildman–Crippen LogP) is 5.76. The number of hydrogen-bond acceptors (Lipinski definition) is 4. The monoisotopic (exact) mass is 444 g/mol. The highest BCUT2D eigenvalue weighted by Crippen LogP contribution is 2.25. The van der Waals surface area contributed by atoms with Crippen molar-refractivity contribution in [2.24, 2.45) is 0 Å². The Morgan fingerprint density at radius 2 is 1.79 bits per heavy atom. The number of ether oxygens (including phenoxy) is 2. The van der Waals surface area contributed by atoms with Crippen LogP contribution < -0.4 is 14.8 Å². The summed E-state index contributed by atoms with van der Waals surface area (Å²) in [7, 11) is 0. The molecule has 3 aromatic carbocycles. The summed E-state index contributed by atoms with van der Waals surface area (Å²) in [4.78, 5) is 12.6. The van der Waals surface area contributed by atoms with E-state index < -0.39 is 5.91 Å². The number of nitrogens with one attached hydrogen (secondary N) is 1. The van der Waals surface area contributed by atoms with E-state index in [1.54, 1.807) is 42.5 Å². The predicted molar refractivity (Wildman–Crippen MR) is 127 cm³/mol. The van der Waals surface area contributed by atoms with E-state index >= 15 is 0 Å². The Labute approximate surface area is 193 Å². The van der Waals surface area contributed by atoms with E-state index in [2.05, 4.69) is 5.32 Å². The first-order valence-electron chi connectivity index (χ1n) is 10.7. The van der Waals surface area contributed by atoms with Crippen molar-refractivity contribution < 1.29 is 18.7 Å². The third-order valence-corrected chi connectivity index (χ3v) is 4.77. The molecule has 1 amide bonds. The number of nitriles is 1. The van der Waals surface area contributed by atoms with Crippen LogP contribution in [0.2, 0.25) is 0 Å². The number of rotatable bonds is 9. The van der Waals surface area contributed by atoms with Crippen molar-refractivity contribution in [1.29, 1.82) is 5.26 Å². The zero-order valence-electron chi connectivity index (χ0n) is 18.6. The van der Waals surface area contributed by atoms with Crippen LogP contribution in [0.3, 0.4) is 0 Å². The van der Waals surface area contributed by atoms with Gasteiger partial charge in [0.15, 0.2) is 0 Å². The van der Waals surface area contributed by atoms with E-state index in [-0.39, 0.29) is 11.4 Å². The van der Waals surface area contributed by atoms with Crippen molar-refractivity contribution in [2.45, 2.75) is 20.3 Å². The lowest BCUT2D eigenvalue weighted by Gasteiger charge is -2.12. The van der Waals surface area contributed by atoms with Gasteiger partial charge in [0.05, 0.1) is 13.2 Å². The molecule has 0 aliphatic rings. The number of hydrogen-bond donors (Lipinski definition) is 1. The molecule has 0 aromatic heterocycles. The Morgan fingerprint density at radius 1 is 1.03 bits per heavy atom. The van der Waals surface area contributed by atoms with Crippen molar-refractivity contribution in [3.63, 3.8) is 0 Å². The Balaban J connectivity index is 1.79. The van der Waals surface area contributed by atoms with Crippen LogP contribution in [-0.2, 0) is 11.2 Å². The number of carbonyl (C=O) groups excluding carboxylic acids is 1. The third kappa shape index (κ3) is 6.68. The molecule has 1 N–H and O–H groups in total. The maximum Gasteiger partial charge on any atom is 0.266 e. The first-order chi connectivity index (χ1) is 16.0. The molecule has 3 aromatic rings. The Bertz CT molecular complexity index is 1180. The summed E-state index contributed by atoms with van der Waals surface area (Å²) >= 11 is 0. The molecule has 5 nitrogen and oxygen atoms in total. The SMILES string of the molecule is CCOc1ccc(NC(=O)/C(C#N)=C/c2ccc(Cc3cccc(F)c3)c(OCC)c2)cc1. The molecule has 0 bridgehead atoms. The molecule has 0 fully saturated rings. The molecule has 0 atom stereocenters. The zero-order valence-corrected chi connectivity index (χ0v) is 18.6.